The van der Waals surface area contributed by atoms with Gasteiger partial charge in [0.15, 0.2) is 0 Å². The van der Waals surface area contributed by atoms with Gasteiger partial charge in [-0.05, 0) is 37.3 Å². The molecule has 1 amide bonds. The molecule has 0 saturated carbocycles. The molecule has 0 atom stereocenters. The van der Waals surface area contributed by atoms with Crippen molar-refractivity contribution in [2.24, 2.45) is 0 Å². The van der Waals surface area contributed by atoms with Gasteiger partial charge in [-0.25, -0.2) is 0 Å². The fourth-order valence-corrected chi connectivity index (χ4v) is 2.50. The van der Waals surface area contributed by atoms with Gasteiger partial charge >= 0.3 is 0 Å². The van der Waals surface area contributed by atoms with Crippen LogP contribution in [0.25, 0.3) is 0 Å². The van der Waals surface area contributed by atoms with Gasteiger partial charge < -0.3 is 20.0 Å². The number of aryl methyl sites for hydroxylation is 1. The van der Waals surface area contributed by atoms with E-state index in [-0.39, 0.29) is 5.91 Å². The van der Waals surface area contributed by atoms with Crippen LogP contribution in [0.2, 0.25) is 0 Å². The fraction of sp³-hybridized carbons (Fsp3) is 0.312. The predicted octanol–water partition coefficient (Wildman–Crippen LogP) is 2.25. The van der Waals surface area contributed by atoms with Crippen LogP contribution in [0, 0.1) is 6.92 Å². The summed E-state index contributed by atoms with van der Waals surface area (Å²) in [5.41, 5.74) is 2.55. The summed E-state index contributed by atoms with van der Waals surface area (Å²) in [5.74, 6) is 0.487. The molecule has 1 aliphatic heterocycles. The highest BCUT2D eigenvalue weighted by molar-refractivity contribution is 6.04. The van der Waals surface area contributed by atoms with Gasteiger partial charge in [-0.1, -0.05) is 0 Å². The van der Waals surface area contributed by atoms with Crippen molar-refractivity contribution >= 4 is 17.3 Å². The van der Waals surface area contributed by atoms with E-state index in [0.717, 1.165) is 31.9 Å². The number of carbonyl (C=O) groups excluding carboxylic acids is 1. The van der Waals surface area contributed by atoms with Crippen molar-refractivity contribution in [3.8, 4) is 0 Å². The second-order valence-electron chi connectivity index (χ2n) is 5.13. The highest BCUT2D eigenvalue weighted by Crippen LogP contribution is 2.19. The van der Waals surface area contributed by atoms with Crippen LogP contribution in [0.1, 0.15) is 16.1 Å². The van der Waals surface area contributed by atoms with E-state index in [1.165, 1.54) is 12.0 Å². The van der Waals surface area contributed by atoms with Gasteiger partial charge in [0.05, 0.1) is 11.8 Å². The lowest BCUT2D eigenvalue weighted by Gasteiger charge is -2.29. The second-order valence-corrected chi connectivity index (χ2v) is 5.13. The predicted molar refractivity (Wildman–Crippen MR) is 82.9 cm³/mol. The van der Waals surface area contributed by atoms with E-state index in [1.807, 2.05) is 24.3 Å². The van der Waals surface area contributed by atoms with Crippen molar-refractivity contribution in [3.05, 3.63) is 47.9 Å². The average molecular weight is 285 g/mol. The normalized spacial score (nSPS) is 15.0. The molecule has 2 heterocycles. The SMILES string of the molecule is Cc1occc1C(=O)Nc1ccc(N2CCNCC2)cc1. The first-order valence-electron chi connectivity index (χ1n) is 7.15. The van der Waals surface area contributed by atoms with E-state index in [0.29, 0.717) is 11.3 Å². The third kappa shape index (κ3) is 3.08. The number of anilines is 2. The van der Waals surface area contributed by atoms with Crippen LogP contribution in [-0.2, 0) is 0 Å². The third-order valence-corrected chi connectivity index (χ3v) is 3.71. The Morgan fingerprint density at radius 3 is 2.52 bits per heavy atom. The van der Waals surface area contributed by atoms with Crippen LogP contribution in [0.3, 0.4) is 0 Å². The topological polar surface area (TPSA) is 57.5 Å². The van der Waals surface area contributed by atoms with E-state index in [2.05, 4.69) is 15.5 Å². The molecular weight excluding hydrogens is 266 g/mol. The number of furan rings is 1. The van der Waals surface area contributed by atoms with Crippen molar-refractivity contribution in [2.75, 3.05) is 36.4 Å². The molecule has 0 radical (unpaired) electrons. The summed E-state index contributed by atoms with van der Waals surface area (Å²) < 4.78 is 5.15. The average Bonchev–Trinajstić information content (AvgIpc) is 2.95. The Morgan fingerprint density at radius 2 is 1.90 bits per heavy atom. The lowest BCUT2D eigenvalue weighted by atomic mass is 10.2. The first kappa shape index (κ1) is 13.7. The molecule has 1 fully saturated rings. The number of benzene rings is 1. The molecule has 0 aliphatic carbocycles. The monoisotopic (exact) mass is 285 g/mol. The highest BCUT2D eigenvalue weighted by Gasteiger charge is 2.13. The first-order valence-corrected chi connectivity index (χ1v) is 7.15. The van der Waals surface area contributed by atoms with E-state index in [4.69, 9.17) is 4.42 Å². The summed E-state index contributed by atoms with van der Waals surface area (Å²) in [6.07, 6.45) is 1.53. The molecular formula is C16H19N3O2. The number of hydrogen-bond donors (Lipinski definition) is 2. The van der Waals surface area contributed by atoms with Crippen LogP contribution in [0.4, 0.5) is 11.4 Å². The maximum atomic E-state index is 12.1. The van der Waals surface area contributed by atoms with Crippen LogP contribution >= 0.6 is 0 Å². The molecule has 1 aliphatic rings. The van der Waals surface area contributed by atoms with Gasteiger partial charge in [-0.15, -0.1) is 0 Å². The summed E-state index contributed by atoms with van der Waals surface area (Å²) in [5, 5.41) is 6.22. The van der Waals surface area contributed by atoms with Gasteiger partial charge in [0, 0.05) is 37.6 Å². The van der Waals surface area contributed by atoms with Gasteiger partial charge in [-0.3, -0.25) is 4.79 Å². The zero-order valence-corrected chi connectivity index (χ0v) is 12.1. The Hall–Kier alpha value is -2.27. The zero-order valence-electron chi connectivity index (χ0n) is 12.1. The number of nitrogens with zero attached hydrogens (tertiary/aromatic N) is 1. The summed E-state index contributed by atoms with van der Waals surface area (Å²) in [7, 11) is 0. The standard InChI is InChI=1S/C16H19N3O2/c1-12-15(6-11-21-12)16(20)18-13-2-4-14(5-3-13)19-9-7-17-8-10-19/h2-6,11,17H,7-10H2,1H3,(H,18,20). The Morgan fingerprint density at radius 1 is 1.19 bits per heavy atom. The Balaban J connectivity index is 1.67. The van der Waals surface area contributed by atoms with Crippen molar-refractivity contribution in [2.45, 2.75) is 6.92 Å². The number of amides is 1. The summed E-state index contributed by atoms with van der Waals surface area (Å²) in [6, 6.07) is 9.64. The van der Waals surface area contributed by atoms with Gasteiger partial charge in [-0.2, -0.15) is 0 Å². The van der Waals surface area contributed by atoms with Gasteiger partial charge in [0.25, 0.3) is 5.91 Å². The van der Waals surface area contributed by atoms with Crippen LogP contribution < -0.4 is 15.5 Å². The number of rotatable bonds is 3. The van der Waals surface area contributed by atoms with Crippen molar-refractivity contribution in [1.82, 2.24) is 5.32 Å². The highest BCUT2D eigenvalue weighted by atomic mass is 16.3. The lowest BCUT2D eigenvalue weighted by Crippen LogP contribution is -2.43. The van der Waals surface area contributed by atoms with E-state index < -0.39 is 0 Å². The Bertz CT molecular complexity index is 613. The van der Waals surface area contributed by atoms with Crippen LogP contribution in [0.5, 0.6) is 0 Å². The molecule has 21 heavy (non-hydrogen) atoms. The smallest absolute Gasteiger partial charge is 0.259 e. The molecule has 0 bridgehead atoms. The lowest BCUT2D eigenvalue weighted by molar-refractivity contribution is 0.102. The molecule has 0 unspecified atom stereocenters. The minimum atomic E-state index is -0.142. The molecule has 1 aromatic heterocycles. The summed E-state index contributed by atoms with van der Waals surface area (Å²) in [4.78, 5) is 14.4. The summed E-state index contributed by atoms with van der Waals surface area (Å²) in [6.45, 7) is 5.83. The van der Waals surface area contributed by atoms with Crippen molar-refractivity contribution < 1.29 is 9.21 Å². The van der Waals surface area contributed by atoms with Crippen LogP contribution in [-0.4, -0.2) is 32.1 Å². The molecule has 1 saturated heterocycles. The minimum Gasteiger partial charge on any atom is -0.469 e. The van der Waals surface area contributed by atoms with Crippen LogP contribution in [0.15, 0.2) is 41.0 Å². The molecule has 5 heteroatoms. The maximum Gasteiger partial charge on any atom is 0.259 e. The maximum absolute atomic E-state index is 12.1. The minimum absolute atomic E-state index is 0.142. The second kappa shape index (κ2) is 6.01. The van der Waals surface area contributed by atoms with Gasteiger partial charge in [0.2, 0.25) is 0 Å². The van der Waals surface area contributed by atoms with E-state index in [1.54, 1.807) is 13.0 Å². The molecule has 1 aromatic carbocycles. The van der Waals surface area contributed by atoms with E-state index in [9.17, 15) is 4.79 Å². The molecule has 2 aromatic rings. The number of nitrogens with one attached hydrogen (secondary N) is 2. The Kier molecular flexibility index (Phi) is 3.92. The van der Waals surface area contributed by atoms with Gasteiger partial charge in [0.1, 0.15) is 5.76 Å². The quantitative estimate of drug-likeness (QED) is 0.908. The number of piperazine rings is 1. The number of hydrogen-bond acceptors (Lipinski definition) is 4. The Labute approximate surface area is 123 Å². The number of carbonyl (C=O) groups is 1. The molecule has 0 spiro atoms. The largest absolute Gasteiger partial charge is 0.469 e. The fourth-order valence-electron chi connectivity index (χ4n) is 2.50. The molecule has 3 rings (SSSR count). The van der Waals surface area contributed by atoms with Crippen molar-refractivity contribution in [1.29, 1.82) is 0 Å². The zero-order chi connectivity index (χ0) is 14.7. The molecule has 110 valence electrons. The molecule has 2 N–H and O–H groups in total. The van der Waals surface area contributed by atoms with Crippen molar-refractivity contribution in [3.63, 3.8) is 0 Å². The first-order chi connectivity index (χ1) is 10.2. The molecule has 5 nitrogen and oxygen atoms in total. The third-order valence-electron chi connectivity index (χ3n) is 3.71. The van der Waals surface area contributed by atoms with E-state index >= 15 is 0 Å². The summed E-state index contributed by atoms with van der Waals surface area (Å²) >= 11 is 0.